The molecule has 1 rings (SSSR count). The molecule has 0 aromatic heterocycles. The fraction of sp³-hybridized carbons (Fsp3) is 1.00. The van der Waals surface area contributed by atoms with Gasteiger partial charge in [0.25, 0.3) is 7.82 Å². The third-order valence-electron chi connectivity index (χ3n) is 2.21. The quantitative estimate of drug-likeness (QED) is 0.478. The molecular weight excluding hydrogens is 373 g/mol. The van der Waals surface area contributed by atoms with Gasteiger partial charge < -0.3 is 34.0 Å². The molecule has 5 atom stereocenters. The summed E-state index contributed by atoms with van der Waals surface area (Å²) < 4.78 is 44.2. The van der Waals surface area contributed by atoms with E-state index in [1.54, 1.807) is 6.92 Å². The minimum Gasteiger partial charge on any atom is -0.790 e. The van der Waals surface area contributed by atoms with E-state index in [0.717, 1.165) is 0 Å². The molecule has 0 aromatic carbocycles. The number of hydrogen-bond donors (Lipinski definition) is 1. The zero-order chi connectivity index (χ0) is 16.5. The smallest absolute Gasteiger partial charge is 0.277 e. The van der Waals surface area contributed by atoms with Gasteiger partial charge in [0.15, 0.2) is 6.80 Å². The molecule has 126 valence electrons. The van der Waals surface area contributed by atoms with Crippen molar-refractivity contribution < 1.29 is 51.7 Å². The average molecular weight is 384 g/mol. The van der Waals surface area contributed by atoms with Gasteiger partial charge in [-0.05, 0) is 6.92 Å². The van der Waals surface area contributed by atoms with Gasteiger partial charge >= 0.3 is 0 Å². The maximum Gasteiger partial charge on any atom is 0.277 e. The highest BCUT2D eigenvalue weighted by atomic mass is 32.7. The molecule has 15 heteroatoms. The van der Waals surface area contributed by atoms with Crippen molar-refractivity contribution in [2.75, 3.05) is 5.75 Å². The maximum absolute atomic E-state index is 11.4. The summed E-state index contributed by atoms with van der Waals surface area (Å²) in [6, 6.07) is 0. The van der Waals surface area contributed by atoms with Gasteiger partial charge in [-0.3, -0.25) is 17.8 Å². The van der Waals surface area contributed by atoms with Crippen molar-refractivity contribution in [2.24, 2.45) is 0 Å². The van der Waals surface area contributed by atoms with E-state index in [4.69, 9.17) is 4.74 Å². The van der Waals surface area contributed by atoms with Crippen LogP contribution in [0.5, 0.6) is 0 Å². The van der Waals surface area contributed by atoms with Gasteiger partial charge in [-0.15, -0.1) is 0 Å². The van der Waals surface area contributed by atoms with Gasteiger partial charge in [0.05, 0.1) is 26.1 Å². The van der Waals surface area contributed by atoms with Crippen molar-refractivity contribution in [2.45, 2.75) is 31.7 Å². The lowest BCUT2D eigenvalue weighted by atomic mass is 10.2. The van der Waals surface area contributed by atoms with Crippen LogP contribution < -0.4 is 19.6 Å². The summed E-state index contributed by atoms with van der Waals surface area (Å²) in [5.74, 6) is -0.349. The molecule has 1 aliphatic rings. The Morgan fingerprint density at radius 3 is 2.24 bits per heavy atom. The first kappa shape index (κ1) is 19.8. The molecule has 0 amide bonds. The summed E-state index contributed by atoms with van der Waals surface area (Å²) in [4.78, 5) is 42.5. The largest absolute Gasteiger partial charge is 0.790 e. The van der Waals surface area contributed by atoms with Crippen LogP contribution >= 0.6 is 33.8 Å². The summed E-state index contributed by atoms with van der Waals surface area (Å²) in [7, 11) is -11.8. The van der Waals surface area contributed by atoms with Gasteiger partial charge in [-0.1, -0.05) is 11.4 Å². The van der Waals surface area contributed by atoms with Gasteiger partial charge in [0, 0.05) is 12.2 Å². The Labute approximate surface area is 123 Å². The summed E-state index contributed by atoms with van der Waals surface area (Å²) in [5, 5.41) is 9.51. The predicted molar refractivity (Wildman–Crippen MR) is 62.4 cm³/mol. The van der Waals surface area contributed by atoms with Crippen LogP contribution in [0, 0.1) is 0 Å². The zero-order valence-electron chi connectivity index (χ0n) is 10.4. The Balaban J connectivity index is 2.56. The van der Waals surface area contributed by atoms with E-state index in [1.807, 2.05) is 0 Å². The van der Waals surface area contributed by atoms with Crippen molar-refractivity contribution in [1.82, 2.24) is 0 Å². The van der Waals surface area contributed by atoms with Crippen LogP contribution in [0.1, 0.15) is 13.3 Å². The van der Waals surface area contributed by atoms with Gasteiger partial charge in [-0.2, -0.15) is 0 Å². The van der Waals surface area contributed by atoms with Gasteiger partial charge in [0.1, 0.15) is 0 Å². The summed E-state index contributed by atoms with van der Waals surface area (Å²) in [6.07, 6.45) is -1.79. The molecule has 1 saturated heterocycles. The Bertz CT molecular complexity index is 504. The van der Waals surface area contributed by atoms with E-state index in [-0.39, 0.29) is 29.7 Å². The highest BCUT2D eigenvalue weighted by Crippen LogP contribution is 2.65. The van der Waals surface area contributed by atoms with E-state index in [9.17, 15) is 38.4 Å². The number of aliphatic hydroxyl groups is 1. The van der Waals surface area contributed by atoms with Gasteiger partial charge in [0.2, 0.25) is 0 Å². The number of rotatable bonds is 7. The molecule has 0 spiro atoms. The lowest BCUT2D eigenvalue weighted by molar-refractivity contribution is -0.339. The van der Waals surface area contributed by atoms with Crippen molar-refractivity contribution in [3.63, 3.8) is 0 Å². The second-order valence-electron chi connectivity index (χ2n) is 4.09. The standard InChI is InChI=1S/C6H15O11P3S/c1-4-2-5(7)6(15-4)3-21-20(13,14)17-19(11,12)16-18(8,9)10/h4-7H,2-3H2,1H3,(H,11,12)(H,13,14)(H2,8,9,10)/p-4/t4-,5+,6+/m0/s1. The Hall–Kier alpha value is 0.720. The number of hydrogen-bond acceptors (Lipinski definition) is 12. The molecule has 1 N–H and O–H groups in total. The monoisotopic (exact) mass is 384 g/mol. The number of aliphatic hydroxyl groups excluding tert-OH is 1. The topological polar surface area (TPSA) is 191 Å². The van der Waals surface area contributed by atoms with E-state index < -0.39 is 34.7 Å². The minimum absolute atomic E-state index is 0.0186. The SMILES string of the molecule is C[C@H]1C[C@@H](O)[C@@H](CSP(=O)([O-])OP(=O)([O-])OP(=O)([O-])[O-])O1. The predicted octanol–water partition coefficient (Wildman–Crippen LogP) is -1.94. The highest BCUT2D eigenvalue weighted by molar-refractivity contribution is 8.54. The Kier molecular flexibility index (Phi) is 6.67. The lowest BCUT2D eigenvalue weighted by Crippen LogP contribution is -2.24. The molecule has 0 radical (unpaired) electrons. The number of ether oxygens (including phenoxy) is 1. The van der Waals surface area contributed by atoms with Crippen molar-refractivity contribution in [3.8, 4) is 0 Å². The molecule has 2 unspecified atom stereocenters. The summed E-state index contributed by atoms with van der Waals surface area (Å²) in [5.41, 5.74) is 0. The molecule has 11 nitrogen and oxygen atoms in total. The molecule has 0 bridgehead atoms. The van der Waals surface area contributed by atoms with Crippen molar-refractivity contribution >= 4 is 33.8 Å². The van der Waals surface area contributed by atoms with Crippen molar-refractivity contribution in [1.29, 1.82) is 0 Å². The van der Waals surface area contributed by atoms with Crippen LogP contribution in [0.4, 0.5) is 0 Å². The molecule has 21 heavy (non-hydrogen) atoms. The average Bonchev–Trinajstić information content (AvgIpc) is 2.48. The van der Waals surface area contributed by atoms with E-state index in [1.165, 1.54) is 0 Å². The van der Waals surface area contributed by atoms with Crippen LogP contribution in [-0.4, -0.2) is 29.2 Å². The van der Waals surface area contributed by atoms with Crippen LogP contribution in [0.15, 0.2) is 0 Å². The maximum atomic E-state index is 11.4. The van der Waals surface area contributed by atoms with Crippen LogP contribution in [0.3, 0.4) is 0 Å². The molecule has 0 saturated carbocycles. The third kappa shape index (κ3) is 7.69. The second-order valence-corrected chi connectivity index (χ2v) is 10.8. The fourth-order valence-corrected chi connectivity index (χ4v) is 6.85. The van der Waals surface area contributed by atoms with E-state index in [2.05, 4.69) is 8.62 Å². The first-order valence-electron chi connectivity index (χ1n) is 5.34. The molecule has 1 heterocycles. The van der Waals surface area contributed by atoms with Crippen LogP contribution in [0.2, 0.25) is 0 Å². The lowest BCUT2D eigenvalue weighted by Gasteiger charge is -2.37. The van der Waals surface area contributed by atoms with E-state index in [0.29, 0.717) is 0 Å². The third-order valence-corrected chi connectivity index (χ3v) is 8.20. The second kappa shape index (κ2) is 7.09. The minimum atomic E-state index is -5.97. The summed E-state index contributed by atoms with van der Waals surface area (Å²) in [6.45, 7) is -3.47. The molecule has 1 fully saturated rings. The van der Waals surface area contributed by atoms with E-state index >= 15 is 0 Å². The number of phosphoric acid groups is 2. The van der Waals surface area contributed by atoms with Gasteiger partial charge in [-0.25, -0.2) is 0 Å². The van der Waals surface area contributed by atoms with Crippen LogP contribution in [0.25, 0.3) is 0 Å². The Morgan fingerprint density at radius 2 is 1.81 bits per heavy atom. The van der Waals surface area contributed by atoms with Crippen molar-refractivity contribution in [3.05, 3.63) is 0 Å². The van der Waals surface area contributed by atoms with Crippen LogP contribution in [-0.2, 0) is 27.1 Å². The first-order chi connectivity index (χ1) is 9.30. The first-order valence-corrected chi connectivity index (χ1v) is 11.4. The summed E-state index contributed by atoms with van der Waals surface area (Å²) >= 11 is -0.0186. The molecule has 0 aromatic rings. The fourth-order valence-electron chi connectivity index (χ4n) is 1.54. The molecule has 1 aliphatic heterocycles. The molecular formula is C6H11O11P3S-4. The molecule has 0 aliphatic carbocycles. The highest BCUT2D eigenvalue weighted by Gasteiger charge is 2.33. The normalized spacial score (nSPS) is 32.6. The zero-order valence-corrected chi connectivity index (χ0v) is 13.9. The Morgan fingerprint density at radius 1 is 1.24 bits per heavy atom.